The van der Waals surface area contributed by atoms with Gasteiger partial charge in [0.25, 0.3) is 0 Å². The lowest BCUT2D eigenvalue weighted by Crippen LogP contribution is -1.85. The van der Waals surface area contributed by atoms with Crippen LogP contribution in [0.1, 0.15) is 77.7 Å². The van der Waals surface area contributed by atoms with E-state index in [1.807, 2.05) is 0 Å². The maximum absolute atomic E-state index is 2.27. The van der Waals surface area contributed by atoms with Crippen LogP contribution in [0.4, 0.5) is 0 Å². The van der Waals surface area contributed by atoms with E-state index in [2.05, 4.69) is 51.1 Å². The molecule has 0 nitrogen and oxygen atoms in total. The third kappa shape index (κ3) is 11.7. The molecule has 1 aromatic carbocycles. The number of unbranched alkanes of at least 4 members (excludes halogenated alkanes) is 6. The van der Waals surface area contributed by atoms with Crippen LogP contribution in [0.15, 0.2) is 30.3 Å². The van der Waals surface area contributed by atoms with E-state index in [9.17, 15) is 0 Å². The molecule has 0 aromatic heterocycles. The van der Waals surface area contributed by atoms with Crippen molar-refractivity contribution in [3.63, 3.8) is 0 Å². The SMILES string of the molecule is CCCC.CCCCCCCCc1ccccc1. The molecular weight excluding hydrogens is 216 g/mol. The van der Waals surface area contributed by atoms with Crippen molar-refractivity contribution in [3.8, 4) is 0 Å². The van der Waals surface area contributed by atoms with Crippen molar-refractivity contribution in [1.82, 2.24) is 0 Å². The van der Waals surface area contributed by atoms with E-state index >= 15 is 0 Å². The molecule has 0 fully saturated rings. The molecule has 0 radical (unpaired) electrons. The van der Waals surface area contributed by atoms with Crippen LogP contribution in [0.5, 0.6) is 0 Å². The van der Waals surface area contributed by atoms with Gasteiger partial charge in [-0.1, -0.05) is 96.0 Å². The van der Waals surface area contributed by atoms with Gasteiger partial charge in [-0.05, 0) is 18.4 Å². The van der Waals surface area contributed by atoms with Crippen LogP contribution < -0.4 is 0 Å². The second-order valence-electron chi connectivity index (χ2n) is 5.00. The smallest absolute Gasteiger partial charge is 0.0279 e. The van der Waals surface area contributed by atoms with Gasteiger partial charge in [-0.15, -0.1) is 0 Å². The molecule has 0 aliphatic heterocycles. The van der Waals surface area contributed by atoms with Crippen molar-refractivity contribution in [2.75, 3.05) is 0 Å². The topological polar surface area (TPSA) is 0 Å². The molecule has 104 valence electrons. The largest absolute Gasteiger partial charge is 0.0654 e. The Balaban J connectivity index is 0.000000631. The molecule has 0 amide bonds. The Morgan fingerprint density at radius 1 is 0.611 bits per heavy atom. The minimum Gasteiger partial charge on any atom is -0.0654 e. The van der Waals surface area contributed by atoms with E-state index in [1.165, 1.54) is 63.4 Å². The highest BCUT2D eigenvalue weighted by atomic mass is 14.0. The Morgan fingerprint density at radius 3 is 1.72 bits per heavy atom. The van der Waals surface area contributed by atoms with Crippen LogP contribution in [0.3, 0.4) is 0 Å². The van der Waals surface area contributed by atoms with Crippen molar-refractivity contribution < 1.29 is 0 Å². The van der Waals surface area contributed by atoms with Gasteiger partial charge in [0.1, 0.15) is 0 Å². The van der Waals surface area contributed by atoms with E-state index in [0.29, 0.717) is 0 Å². The standard InChI is InChI=1S/C14H22.C4H10/c1-2-3-4-5-6-8-11-14-12-9-7-10-13-14;1-3-4-2/h7,9-10,12-13H,2-6,8,11H2,1H3;3-4H2,1-2H3. The van der Waals surface area contributed by atoms with Gasteiger partial charge in [0, 0.05) is 0 Å². The number of benzene rings is 1. The maximum atomic E-state index is 2.27. The fourth-order valence-corrected chi connectivity index (χ4v) is 1.75. The van der Waals surface area contributed by atoms with Gasteiger partial charge < -0.3 is 0 Å². The zero-order valence-corrected chi connectivity index (χ0v) is 12.8. The molecule has 0 heterocycles. The molecule has 0 aliphatic carbocycles. The minimum absolute atomic E-state index is 1.26. The summed E-state index contributed by atoms with van der Waals surface area (Å²) in [6, 6.07) is 10.8. The van der Waals surface area contributed by atoms with E-state index < -0.39 is 0 Å². The molecule has 0 saturated carbocycles. The van der Waals surface area contributed by atoms with Crippen molar-refractivity contribution in [2.45, 2.75) is 78.6 Å². The fourth-order valence-electron chi connectivity index (χ4n) is 1.75. The van der Waals surface area contributed by atoms with E-state index in [0.717, 1.165) is 0 Å². The van der Waals surface area contributed by atoms with Gasteiger partial charge in [0.2, 0.25) is 0 Å². The second-order valence-corrected chi connectivity index (χ2v) is 5.00. The first-order chi connectivity index (χ1) is 8.85. The Kier molecular flexibility index (Phi) is 13.7. The van der Waals surface area contributed by atoms with Gasteiger partial charge in [-0.2, -0.15) is 0 Å². The van der Waals surface area contributed by atoms with Crippen molar-refractivity contribution in [3.05, 3.63) is 35.9 Å². The fraction of sp³-hybridized carbons (Fsp3) is 0.667. The molecule has 0 heteroatoms. The van der Waals surface area contributed by atoms with Crippen LogP contribution in [-0.4, -0.2) is 0 Å². The summed E-state index contributed by atoms with van der Waals surface area (Å²) in [5.41, 5.74) is 1.49. The van der Waals surface area contributed by atoms with Gasteiger partial charge in [-0.25, -0.2) is 0 Å². The molecule has 0 N–H and O–H groups in total. The summed E-state index contributed by atoms with van der Waals surface area (Å²) in [6.45, 7) is 6.63. The van der Waals surface area contributed by atoms with E-state index in [4.69, 9.17) is 0 Å². The predicted octanol–water partition coefficient (Wildman–Crippen LogP) is 6.40. The molecular formula is C18H32. The number of hydrogen-bond acceptors (Lipinski definition) is 0. The van der Waals surface area contributed by atoms with Crippen LogP contribution in [-0.2, 0) is 6.42 Å². The molecule has 0 saturated heterocycles. The third-order valence-corrected chi connectivity index (χ3v) is 3.16. The van der Waals surface area contributed by atoms with Crippen LogP contribution >= 0.6 is 0 Å². The Labute approximate surface area is 115 Å². The quantitative estimate of drug-likeness (QED) is 0.467. The van der Waals surface area contributed by atoms with Crippen LogP contribution in [0.2, 0.25) is 0 Å². The van der Waals surface area contributed by atoms with Gasteiger partial charge in [0.15, 0.2) is 0 Å². The third-order valence-electron chi connectivity index (χ3n) is 3.16. The molecule has 0 bridgehead atoms. The van der Waals surface area contributed by atoms with Crippen molar-refractivity contribution in [2.24, 2.45) is 0 Å². The average Bonchev–Trinajstić information content (AvgIpc) is 2.44. The highest BCUT2D eigenvalue weighted by molar-refractivity contribution is 5.14. The molecule has 0 spiro atoms. The zero-order valence-electron chi connectivity index (χ0n) is 12.8. The Hall–Kier alpha value is -0.780. The summed E-state index contributed by atoms with van der Waals surface area (Å²) in [6.07, 6.45) is 12.2. The second kappa shape index (κ2) is 14.3. The lowest BCUT2D eigenvalue weighted by atomic mass is 10.1. The summed E-state index contributed by atoms with van der Waals surface area (Å²) >= 11 is 0. The highest BCUT2D eigenvalue weighted by Crippen LogP contribution is 2.09. The molecule has 0 atom stereocenters. The molecule has 0 unspecified atom stereocenters. The predicted molar refractivity (Wildman–Crippen MR) is 84.1 cm³/mol. The molecule has 1 aromatic rings. The summed E-state index contributed by atoms with van der Waals surface area (Å²) < 4.78 is 0. The van der Waals surface area contributed by atoms with Gasteiger partial charge >= 0.3 is 0 Å². The Bertz CT molecular complexity index is 235. The van der Waals surface area contributed by atoms with Crippen molar-refractivity contribution >= 4 is 0 Å². The zero-order chi connectivity index (χ0) is 13.5. The van der Waals surface area contributed by atoms with Crippen molar-refractivity contribution in [1.29, 1.82) is 0 Å². The van der Waals surface area contributed by atoms with E-state index in [-0.39, 0.29) is 0 Å². The number of aryl methyl sites for hydroxylation is 1. The first-order valence-corrected chi connectivity index (χ1v) is 7.89. The minimum atomic E-state index is 1.26. The lowest BCUT2D eigenvalue weighted by molar-refractivity contribution is 0.607. The normalized spacial score (nSPS) is 9.72. The van der Waals surface area contributed by atoms with Crippen LogP contribution in [0.25, 0.3) is 0 Å². The highest BCUT2D eigenvalue weighted by Gasteiger charge is 1.92. The van der Waals surface area contributed by atoms with Crippen LogP contribution in [0, 0.1) is 0 Å². The molecule has 1 rings (SSSR count). The van der Waals surface area contributed by atoms with Gasteiger partial charge in [0.05, 0.1) is 0 Å². The lowest BCUT2D eigenvalue weighted by Gasteiger charge is -2.01. The Morgan fingerprint density at radius 2 is 1.17 bits per heavy atom. The number of hydrogen-bond donors (Lipinski definition) is 0. The summed E-state index contributed by atoms with van der Waals surface area (Å²) in [5, 5.41) is 0. The average molecular weight is 248 g/mol. The monoisotopic (exact) mass is 248 g/mol. The summed E-state index contributed by atoms with van der Waals surface area (Å²) in [5.74, 6) is 0. The first-order valence-electron chi connectivity index (χ1n) is 7.89. The van der Waals surface area contributed by atoms with Gasteiger partial charge in [-0.3, -0.25) is 0 Å². The summed E-state index contributed by atoms with van der Waals surface area (Å²) in [4.78, 5) is 0. The molecule has 18 heavy (non-hydrogen) atoms. The summed E-state index contributed by atoms with van der Waals surface area (Å²) in [7, 11) is 0. The van der Waals surface area contributed by atoms with E-state index in [1.54, 1.807) is 0 Å². The molecule has 0 aliphatic rings. The first kappa shape index (κ1) is 17.2. The number of rotatable bonds is 8. The maximum Gasteiger partial charge on any atom is -0.0279 e.